The van der Waals surface area contributed by atoms with Crippen LogP contribution in [0.1, 0.15) is 5.56 Å². The summed E-state index contributed by atoms with van der Waals surface area (Å²) >= 11 is 9.78. The zero-order valence-corrected chi connectivity index (χ0v) is 18.0. The van der Waals surface area contributed by atoms with Crippen molar-refractivity contribution < 1.29 is 23.5 Å². The standard InChI is InChI=1S/C19H13BrClFN2O4S/c1-28-15-5-2-10(6-12(15)20)7-16-18(26)24(19(27)29-16)9-17(25)23-11-3-4-14(22)13(21)8-11/h2-8H,9H2,1H3,(H,23,25)/b16-7+. The second kappa shape index (κ2) is 8.98. The molecule has 1 aliphatic rings. The number of amides is 3. The molecular formula is C19H13BrClFN2O4S. The second-order valence-corrected chi connectivity index (χ2v) is 8.09. The normalized spacial score (nSPS) is 15.2. The van der Waals surface area contributed by atoms with Crippen LogP contribution >= 0.6 is 39.3 Å². The van der Waals surface area contributed by atoms with E-state index in [0.29, 0.717) is 15.8 Å². The van der Waals surface area contributed by atoms with E-state index < -0.39 is 29.4 Å². The Morgan fingerprint density at radius 2 is 2.07 bits per heavy atom. The van der Waals surface area contributed by atoms with Gasteiger partial charge in [-0.2, -0.15) is 0 Å². The lowest BCUT2D eigenvalue weighted by molar-refractivity contribution is -0.127. The summed E-state index contributed by atoms with van der Waals surface area (Å²) in [6.07, 6.45) is 1.56. The summed E-state index contributed by atoms with van der Waals surface area (Å²) in [5.41, 5.74) is 0.945. The lowest BCUT2D eigenvalue weighted by Crippen LogP contribution is -2.36. The lowest BCUT2D eigenvalue weighted by Gasteiger charge is -2.12. The van der Waals surface area contributed by atoms with Crippen LogP contribution in [0.25, 0.3) is 6.08 Å². The highest BCUT2D eigenvalue weighted by Gasteiger charge is 2.36. The van der Waals surface area contributed by atoms with E-state index in [0.717, 1.165) is 22.7 Å². The van der Waals surface area contributed by atoms with Gasteiger partial charge in [-0.25, -0.2) is 4.39 Å². The van der Waals surface area contributed by atoms with Gasteiger partial charge < -0.3 is 10.1 Å². The number of halogens is 3. The minimum atomic E-state index is -0.620. The molecule has 0 atom stereocenters. The third-order valence-electron chi connectivity index (χ3n) is 3.85. The molecule has 6 nitrogen and oxygen atoms in total. The third-order valence-corrected chi connectivity index (χ3v) is 5.67. The fraction of sp³-hybridized carbons (Fsp3) is 0.105. The first-order valence-corrected chi connectivity index (χ1v) is 10.1. The highest BCUT2D eigenvalue weighted by atomic mass is 79.9. The number of rotatable bonds is 5. The molecule has 0 aromatic heterocycles. The Bertz CT molecular complexity index is 1050. The van der Waals surface area contributed by atoms with Crippen molar-refractivity contribution >= 4 is 68.1 Å². The number of carbonyl (C=O) groups is 3. The van der Waals surface area contributed by atoms with Crippen molar-refractivity contribution in [1.29, 1.82) is 0 Å². The number of ether oxygens (including phenoxy) is 1. The van der Waals surface area contributed by atoms with Gasteiger partial charge in [0.1, 0.15) is 18.1 Å². The summed E-state index contributed by atoms with van der Waals surface area (Å²) in [4.78, 5) is 38.0. The highest BCUT2D eigenvalue weighted by Crippen LogP contribution is 2.33. The molecule has 1 heterocycles. The molecule has 29 heavy (non-hydrogen) atoms. The van der Waals surface area contributed by atoms with Gasteiger partial charge in [0.05, 0.1) is 21.5 Å². The van der Waals surface area contributed by atoms with Gasteiger partial charge in [0.15, 0.2) is 0 Å². The van der Waals surface area contributed by atoms with Crippen molar-refractivity contribution in [3.05, 3.63) is 62.2 Å². The molecule has 0 aliphatic carbocycles. The van der Waals surface area contributed by atoms with Gasteiger partial charge >= 0.3 is 0 Å². The Kier molecular flexibility index (Phi) is 6.61. The van der Waals surface area contributed by atoms with Gasteiger partial charge in [0.25, 0.3) is 11.1 Å². The van der Waals surface area contributed by atoms with Crippen molar-refractivity contribution in [1.82, 2.24) is 4.90 Å². The first-order chi connectivity index (χ1) is 13.8. The Morgan fingerprint density at radius 3 is 2.72 bits per heavy atom. The van der Waals surface area contributed by atoms with Crippen LogP contribution in [0.2, 0.25) is 5.02 Å². The van der Waals surface area contributed by atoms with Crippen molar-refractivity contribution in [2.75, 3.05) is 19.0 Å². The number of hydrogen-bond acceptors (Lipinski definition) is 5. The maximum atomic E-state index is 13.2. The number of carbonyl (C=O) groups excluding carboxylic acids is 3. The van der Waals surface area contributed by atoms with Crippen LogP contribution in [0.5, 0.6) is 5.75 Å². The number of nitrogens with zero attached hydrogens (tertiary/aromatic N) is 1. The number of methoxy groups -OCH3 is 1. The number of nitrogens with one attached hydrogen (secondary N) is 1. The first-order valence-electron chi connectivity index (χ1n) is 8.12. The average Bonchev–Trinajstić information content (AvgIpc) is 2.92. The Hall–Kier alpha value is -2.36. The maximum Gasteiger partial charge on any atom is 0.294 e. The highest BCUT2D eigenvalue weighted by molar-refractivity contribution is 9.10. The summed E-state index contributed by atoms with van der Waals surface area (Å²) in [7, 11) is 1.54. The summed E-state index contributed by atoms with van der Waals surface area (Å²) in [5, 5.41) is 1.77. The van der Waals surface area contributed by atoms with Gasteiger partial charge in [-0.15, -0.1) is 0 Å². The monoisotopic (exact) mass is 498 g/mol. The minimum absolute atomic E-state index is 0.150. The van der Waals surface area contributed by atoms with Crippen LogP contribution in [-0.2, 0) is 9.59 Å². The van der Waals surface area contributed by atoms with Gasteiger partial charge in [0, 0.05) is 5.69 Å². The van der Waals surface area contributed by atoms with Crippen molar-refractivity contribution in [3.8, 4) is 5.75 Å². The van der Waals surface area contributed by atoms with Gasteiger partial charge in [-0.1, -0.05) is 17.7 Å². The molecule has 0 radical (unpaired) electrons. The SMILES string of the molecule is COc1ccc(/C=C2/SC(=O)N(CC(=O)Nc3ccc(F)c(Cl)c3)C2=O)cc1Br. The van der Waals surface area contributed by atoms with E-state index in [4.69, 9.17) is 16.3 Å². The molecule has 0 saturated carbocycles. The summed E-state index contributed by atoms with van der Waals surface area (Å²) in [6, 6.07) is 8.88. The van der Waals surface area contributed by atoms with Gasteiger partial charge in [0.2, 0.25) is 5.91 Å². The quantitative estimate of drug-likeness (QED) is 0.591. The predicted molar refractivity (Wildman–Crippen MR) is 113 cm³/mol. The van der Waals surface area contributed by atoms with Crippen LogP contribution in [0, 0.1) is 5.82 Å². The van der Waals surface area contributed by atoms with Crippen molar-refractivity contribution in [3.63, 3.8) is 0 Å². The van der Waals surface area contributed by atoms with E-state index >= 15 is 0 Å². The van der Waals surface area contributed by atoms with E-state index in [-0.39, 0.29) is 15.6 Å². The summed E-state index contributed by atoms with van der Waals surface area (Å²) in [6.45, 7) is -0.469. The molecule has 2 aromatic carbocycles. The molecule has 10 heteroatoms. The predicted octanol–water partition coefficient (Wildman–Crippen LogP) is 4.93. The van der Waals surface area contributed by atoms with Crippen LogP contribution < -0.4 is 10.1 Å². The molecule has 1 aliphatic heterocycles. The Balaban J connectivity index is 1.70. The van der Waals surface area contributed by atoms with Crippen LogP contribution in [0.3, 0.4) is 0 Å². The lowest BCUT2D eigenvalue weighted by atomic mass is 10.2. The molecule has 2 aromatic rings. The minimum Gasteiger partial charge on any atom is -0.496 e. The van der Waals surface area contributed by atoms with E-state index in [1.54, 1.807) is 24.3 Å². The summed E-state index contributed by atoms with van der Waals surface area (Å²) < 4.78 is 19.0. The third kappa shape index (κ3) is 4.98. The molecule has 0 bridgehead atoms. The first kappa shape index (κ1) is 21.4. The molecule has 0 unspecified atom stereocenters. The van der Waals surface area contributed by atoms with E-state index in [1.807, 2.05) is 0 Å². The average molecular weight is 500 g/mol. The molecule has 1 N–H and O–H groups in total. The number of hydrogen-bond donors (Lipinski definition) is 1. The van der Waals surface area contributed by atoms with E-state index in [1.165, 1.54) is 19.2 Å². The van der Waals surface area contributed by atoms with Gasteiger partial charge in [-0.3, -0.25) is 19.3 Å². The van der Waals surface area contributed by atoms with Crippen LogP contribution in [-0.4, -0.2) is 35.6 Å². The van der Waals surface area contributed by atoms with Crippen LogP contribution in [0.4, 0.5) is 14.9 Å². The molecule has 3 rings (SSSR count). The Labute approximate surface area is 183 Å². The van der Waals surface area contributed by atoms with Crippen molar-refractivity contribution in [2.45, 2.75) is 0 Å². The van der Waals surface area contributed by atoms with Crippen molar-refractivity contribution in [2.24, 2.45) is 0 Å². The molecule has 1 fully saturated rings. The number of benzene rings is 2. The van der Waals surface area contributed by atoms with Crippen LogP contribution in [0.15, 0.2) is 45.8 Å². The smallest absolute Gasteiger partial charge is 0.294 e. The van der Waals surface area contributed by atoms with Gasteiger partial charge in [-0.05, 0) is 69.7 Å². The fourth-order valence-electron chi connectivity index (χ4n) is 2.48. The molecule has 3 amide bonds. The van der Waals surface area contributed by atoms with E-state index in [9.17, 15) is 18.8 Å². The largest absolute Gasteiger partial charge is 0.496 e. The molecule has 0 spiro atoms. The topological polar surface area (TPSA) is 75.7 Å². The Morgan fingerprint density at radius 1 is 1.31 bits per heavy atom. The molecule has 1 saturated heterocycles. The molecule has 150 valence electrons. The second-order valence-electron chi connectivity index (χ2n) is 5.84. The number of imide groups is 1. The zero-order valence-electron chi connectivity index (χ0n) is 14.9. The zero-order chi connectivity index (χ0) is 21.1. The fourth-order valence-corrected chi connectivity index (χ4v) is 4.06. The maximum absolute atomic E-state index is 13.2. The summed E-state index contributed by atoms with van der Waals surface area (Å²) in [5.74, 6) is -1.17. The number of anilines is 1. The molecular weight excluding hydrogens is 487 g/mol. The number of thioether (sulfide) groups is 1. The van der Waals surface area contributed by atoms with E-state index in [2.05, 4.69) is 21.2 Å².